The lowest BCUT2D eigenvalue weighted by Crippen LogP contribution is -2.36. The van der Waals surface area contributed by atoms with Crippen molar-refractivity contribution < 1.29 is 19.4 Å². The average molecular weight is 313 g/mol. The van der Waals surface area contributed by atoms with Gasteiger partial charge in [0.2, 0.25) is 5.91 Å². The molecule has 2 N–H and O–H groups in total. The van der Waals surface area contributed by atoms with Gasteiger partial charge in [-0.1, -0.05) is 18.2 Å². The van der Waals surface area contributed by atoms with E-state index in [0.29, 0.717) is 11.4 Å². The van der Waals surface area contributed by atoms with Gasteiger partial charge in [0.1, 0.15) is 5.75 Å². The summed E-state index contributed by atoms with van der Waals surface area (Å²) in [6.07, 6.45) is 6.14. The Kier molecular flexibility index (Phi) is 3.01. The Morgan fingerprint density at radius 3 is 2.52 bits per heavy atom. The van der Waals surface area contributed by atoms with Gasteiger partial charge in [0.15, 0.2) is 0 Å². The first-order valence-corrected chi connectivity index (χ1v) is 7.93. The molecule has 2 saturated carbocycles. The van der Waals surface area contributed by atoms with Gasteiger partial charge in [0.25, 0.3) is 0 Å². The molecule has 5 heteroatoms. The molecule has 4 atom stereocenters. The lowest BCUT2D eigenvalue weighted by Gasteiger charge is -2.23. The lowest BCUT2D eigenvalue weighted by atomic mass is 9.82. The van der Waals surface area contributed by atoms with Crippen LogP contribution in [0.3, 0.4) is 0 Å². The molecule has 1 aromatic rings. The van der Waals surface area contributed by atoms with E-state index < -0.39 is 17.8 Å². The van der Waals surface area contributed by atoms with Crippen LogP contribution in [0.5, 0.6) is 5.75 Å². The molecule has 23 heavy (non-hydrogen) atoms. The Balaban J connectivity index is 1.60. The Bertz CT molecular complexity index is 707. The molecule has 1 aromatic carbocycles. The number of carboxylic acid groups (broad SMARTS) is 1. The van der Waals surface area contributed by atoms with Crippen LogP contribution in [0.15, 0.2) is 36.4 Å². The zero-order valence-corrected chi connectivity index (χ0v) is 12.9. The van der Waals surface area contributed by atoms with Gasteiger partial charge in [0.05, 0.1) is 18.9 Å². The molecule has 0 aliphatic heterocycles. The molecule has 0 heterocycles. The van der Waals surface area contributed by atoms with Crippen LogP contribution < -0.4 is 10.1 Å². The zero-order valence-electron chi connectivity index (χ0n) is 12.9. The minimum absolute atomic E-state index is 0.00561. The fourth-order valence-corrected chi connectivity index (χ4v) is 4.62. The van der Waals surface area contributed by atoms with E-state index in [-0.39, 0.29) is 23.2 Å². The summed E-state index contributed by atoms with van der Waals surface area (Å²) in [5, 5.41) is 12.5. The van der Waals surface area contributed by atoms with Crippen molar-refractivity contribution in [2.45, 2.75) is 12.8 Å². The topological polar surface area (TPSA) is 75.6 Å². The number of benzene rings is 1. The number of hydrogen-bond donors (Lipinski definition) is 2. The van der Waals surface area contributed by atoms with Crippen molar-refractivity contribution in [3.63, 3.8) is 0 Å². The molecule has 1 amide bonds. The summed E-state index contributed by atoms with van der Waals surface area (Å²) in [6.45, 7) is 0. The molecule has 120 valence electrons. The van der Waals surface area contributed by atoms with Crippen molar-refractivity contribution in [3.05, 3.63) is 36.4 Å². The number of carbonyl (C=O) groups is 2. The third kappa shape index (κ3) is 1.99. The molecular formula is C18H19NO4. The molecular weight excluding hydrogens is 294 g/mol. The normalized spacial score (nSPS) is 32.0. The molecule has 0 radical (unpaired) electrons. The van der Waals surface area contributed by atoms with Gasteiger partial charge >= 0.3 is 5.97 Å². The second-order valence-electron chi connectivity index (χ2n) is 6.78. The molecule has 5 nitrogen and oxygen atoms in total. The van der Waals surface area contributed by atoms with Gasteiger partial charge < -0.3 is 15.2 Å². The number of nitrogens with one attached hydrogen (secondary N) is 1. The van der Waals surface area contributed by atoms with Gasteiger partial charge in [-0.15, -0.1) is 0 Å². The number of amides is 1. The number of carboxylic acids is 1. The number of rotatable bonds is 4. The fraction of sp³-hybridized carbons (Fsp3) is 0.444. The van der Waals surface area contributed by atoms with Crippen molar-refractivity contribution in [2.24, 2.45) is 29.1 Å². The standard InChI is InChI=1S/C18H19NO4/c1-23-11-4-2-3-10(9-11)19-16(20)14-12-5-6-13(15(14)17(21)22)18(12)7-8-18/h2-6,9,12-15H,7-8H2,1H3,(H,19,20)(H,21,22)/t12-,13+,14-,15+/m1/s1. The van der Waals surface area contributed by atoms with Crippen molar-refractivity contribution in [3.8, 4) is 5.75 Å². The van der Waals surface area contributed by atoms with Crippen LogP contribution in [-0.4, -0.2) is 24.1 Å². The van der Waals surface area contributed by atoms with E-state index in [2.05, 4.69) is 11.4 Å². The molecule has 3 aliphatic carbocycles. The SMILES string of the molecule is COc1cccc(NC(=O)[C@H]2[C@@H](C(=O)O)[C@@H]3C=C[C@H]2C32CC2)c1. The Labute approximate surface area is 134 Å². The molecule has 0 saturated heterocycles. The first-order chi connectivity index (χ1) is 11.1. The van der Waals surface area contributed by atoms with E-state index >= 15 is 0 Å². The zero-order chi connectivity index (χ0) is 16.2. The van der Waals surface area contributed by atoms with Gasteiger partial charge in [-0.25, -0.2) is 0 Å². The predicted octanol–water partition coefficient (Wildman–Crippen LogP) is 2.55. The first kappa shape index (κ1) is 14.3. The molecule has 2 fully saturated rings. The number of carbonyl (C=O) groups excluding carboxylic acids is 1. The van der Waals surface area contributed by atoms with Gasteiger partial charge in [-0.05, 0) is 42.2 Å². The minimum Gasteiger partial charge on any atom is -0.497 e. The number of hydrogen-bond acceptors (Lipinski definition) is 3. The summed E-state index contributed by atoms with van der Waals surface area (Å²) in [4.78, 5) is 24.5. The highest BCUT2D eigenvalue weighted by molar-refractivity contribution is 5.96. The van der Waals surface area contributed by atoms with E-state index in [9.17, 15) is 14.7 Å². The summed E-state index contributed by atoms with van der Waals surface area (Å²) in [6, 6.07) is 7.12. The second kappa shape index (κ2) is 4.85. The smallest absolute Gasteiger partial charge is 0.307 e. The Morgan fingerprint density at radius 2 is 1.91 bits per heavy atom. The van der Waals surface area contributed by atoms with E-state index in [1.54, 1.807) is 31.4 Å². The van der Waals surface area contributed by atoms with Crippen molar-refractivity contribution in [1.82, 2.24) is 0 Å². The third-order valence-corrected chi connectivity index (χ3v) is 5.77. The maximum Gasteiger partial charge on any atom is 0.307 e. The lowest BCUT2D eigenvalue weighted by molar-refractivity contribution is -0.146. The van der Waals surface area contributed by atoms with Gasteiger partial charge in [-0.2, -0.15) is 0 Å². The molecule has 0 aromatic heterocycles. The van der Waals surface area contributed by atoms with E-state index in [1.807, 2.05) is 6.08 Å². The number of aliphatic carboxylic acids is 1. The number of methoxy groups -OCH3 is 1. The molecule has 1 spiro atoms. The van der Waals surface area contributed by atoms with Crippen LogP contribution in [0.25, 0.3) is 0 Å². The van der Waals surface area contributed by atoms with E-state index in [1.165, 1.54) is 0 Å². The van der Waals surface area contributed by atoms with Crippen LogP contribution in [0.4, 0.5) is 5.69 Å². The highest BCUT2D eigenvalue weighted by Gasteiger charge is 2.70. The quantitative estimate of drug-likeness (QED) is 0.838. The summed E-state index contributed by atoms with van der Waals surface area (Å²) < 4.78 is 5.16. The van der Waals surface area contributed by atoms with Crippen LogP contribution in [0.2, 0.25) is 0 Å². The highest BCUT2D eigenvalue weighted by Crippen LogP contribution is 2.72. The van der Waals surface area contributed by atoms with Gasteiger partial charge in [-0.3, -0.25) is 9.59 Å². The number of ether oxygens (including phenoxy) is 1. The monoisotopic (exact) mass is 313 g/mol. The van der Waals surface area contributed by atoms with E-state index in [0.717, 1.165) is 12.8 Å². The summed E-state index contributed by atoms with van der Waals surface area (Å²) in [5.41, 5.74) is 0.675. The molecule has 2 bridgehead atoms. The molecule has 3 aliphatic rings. The van der Waals surface area contributed by atoms with Gasteiger partial charge in [0, 0.05) is 11.8 Å². The maximum absolute atomic E-state index is 12.8. The second-order valence-corrected chi connectivity index (χ2v) is 6.78. The van der Waals surface area contributed by atoms with Crippen LogP contribution in [0, 0.1) is 29.1 Å². The van der Waals surface area contributed by atoms with Crippen LogP contribution in [-0.2, 0) is 9.59 Å². The minimum atomic E-state index is -0.862. The Morgan fingerprint density at radius 1 is 1.22 bits per heavy atom. The molecule has 4 rings (SSSR count). The Hall–Kier alpha value is -2.30. The summed E-state index contributed by atoms with van der Waals surface area (Å²) in [7, 11) is 1.57. The first-order valence-electron chi connectivity index (χ1n) is 7.93. The van der Waals surface area contributed by atoms with Crippen molar-refractivity contribution in [2.75, 3.05) is 12.4 Å². The van der Waals surface area contributed by atoms with E-state index in [4.69, 9.17) is 4.74 Å². The highest BCUT2D eigenvalue weighted by atomic mass is 16.5. The third-order valence-electron chi connectivity index (χ3n) is 5.77. The largest absolute Gasteiger partial charge is 0.497 e. The van der Waals surface area contributed by atoms with Crippen molar-refractivity contribution in [1.29, 1.82) is 0 Å². The van der Waals surface area contributed by atoms with Crippen LogP contribution in [0.1, 0.15) is 12.8 Å². The average Bonchev–Trinajstić information content (AvgIpc) is 3.20. The maximum atomic E-state index is 12.8. The predicted molar refractivity (Wildman–Crippen MR) is 84.0 cm³/mol. The molecule has 0 unspecified atom stereocenters. The number of anilines is 1. The number of allylic oxidation sites excluding steroid dienone is 2. The van der Waals surface area contributed by atoms with Crippen molar-refractivity contribution >= 4 is 17.6 Å². The van der Waals surface area contributed by atoms with Crippen LogP contribution >= 0.6 is 0 Å². The summed E-state index contributed by atoms with van der Waals surface area (Å²) >= 11 is 0. The fourth-order valence-electron chi connectivity index (χ4n) is 4.62. The summed E-state index contributed by atoms with van der Waals surface area (Å²) in [5.74, 6) is -1.45.